The van der Waals surface area contributed by atoms with Crippen molar-refractivity contribution in [3.05, 3.63) is 11.6 Å². The molecule has 0 aromatic heterocycles. The van der Waals surface area contributed by atoms with Gasteiger partial charge >= 0.3 is 0 Å². The average molecular weight is 149 g/mol. The van der Waals surface area contributed by atoms with Gasteiger partial charge in [-0.1, -0.05) is 11.6 Å². The largest absolute Gasteiger partial charge is 0.392 e. The van der Waals surface area contributed by atoms with Crippen LogP contribution in [-0.2, 0) is 0 Å². The lowest BCUT2D eigenvalue weighted by atomic mass is 10.1. The van der Waals surface area contributed by atoms with Crippen LogP contribution in [0.15, 0.2) is 11.6 Å². The summed E-state index contributed by atoms with van der Waals surface area (Å²) in [7, 11) is 0. The number of aliphatic hydroxyl groups is 1. The number of hydrogen-bond acceptors (Lipinski definition) is 1. The van der Waals surface area contributed by atoms with Crippen molar-refractivity contribution in [3.8, 4) is 0 Å². The third kappa shape index (κ3) is 4.49. The second-order valence-electron chi connectivity index (χ2n) is 2.15. The minimum absolute atomic E-state index is 0.325. The van der Waals surface area contributed by atoms with Crippen LogP contribution in [0.4, 0.5) is 0 Å². The van der Waals surface area contributed by atoms with Crippen LogP contribution in [0.3, 0.4) is 0 Å². The monoisotopic (exact) mass is 148 g/mol. The maximum Gasteiger partial charge on any atom is 0.0712 e. The molecule has 0 amide bonds. The number of alkyl halides is 1. The SMILES string of the molecule is C/C=C(/C)CC(O)CCl. The lowest BCUT2D eigenvalue weighted by molar-refractivity contribution is 0.198. The molecule has 0 aromatic rings. The summed E-state index contributed by atoms with van der Waals surface area (Å²) in [4.78, 5) is 0. The molecule has 0 saturated heterocycles. The van der Waals surface area contributed by atoms with Gasteiger partial charge in [-0.3, -0.25) is 0 Å². The van der Waals surface area contributed by atoms with Gasteiger partial charge in [0.05, 0.1) is 6.10 Å². The Morgan fingerprint density at radius 1 is 1.78 bits per heavy atom. The summed E-state index contributed by atoms with van der Waals surface area (Å²) in [5.74, 6) is 0.325. The molecule has 0 aromatic carbocycles. The normalized spacial score (nSPS) is 15.8. The topological polar surface area (TPSA) is 20.2 Å². The van der Waals surface area contributed by atoms with Crippen LogP contribution in [-0.4, -0.2) is 17.1 Å². The quantitative estimate of drug-likeness (QED) is 0.479. The molecule has 0 radical (unpaired) electrons. The molecule has 0 bridgehead atoms. The highest BCUT2D eigenvalue weighted by atomic mass is 35.5. The van der Waals surface area contributed by atoms with Gasteiger partial charge in [-0.15, -0.1) is 11.6 Å². The van der Waals surface area contributed by atoms with Crippen LogP contribution in [0.5, 0.6) is 0 Å². The Kier molecular flexibility index (Phi) is 4.83. The minimum Gasteiger partial charge on any atom is -0.392 e. The van der Waals surface area contributed by atoms with E-state index >= 15 is 0 Å². The Hall–Kier alpha value is -0.0100. The van der Waals surface area contributed by atoms with Crippen molar-refractivity contribution in [1.29, 1.82) is 0 Å². The van der Waals surface area contributed by atoms with E-state index in [1.54, 1.807) is 0 Å². The lowest BCUT2D eigenvalue weighted by Gasteiger charge is -2.04. The van der Waals surface area contributed by atoms with Crippen molar-refractivity contribution in [2.45, 2.75) is 26.4 Å². The first kappa shape index (κ1) is 8.99. The van der Waals surface area contributed by atoms with E-state index in [0.29, 0.717) is 12.3 Å². The molecule has 1 N–H and O–H groups in total. The Morgan fingerprint density at radius 2 is 2.33 bits per heavy atom. The molecular formula is C7H13ClO. The van der Waals surface area contributed by atoms with E-state index in [4.69, 9.17) is 16.7 Å². The van der Waals surface area contributed by atoms with Gasteiger partial charge in [0.1, 0.15) is 0 Å². The van der Waals surface area contributed by atoms with Gasteiger partial charge in [-0.05, 0) is 20.3 Å². The molecule has 0 fully saturated rings. The summed E-state index contributed by atoms with van der Waals surface area (Å²) in [6.45, 7) is 3.94. The lowest BCUT2D eigenvalue weighted by Crippen LogP contribution is -2.07. The molecule has 1 nitrogen and oxygen atoms in total. The molecule has 0 aliphatic rings. The second-order valence-corrected chi connectivity index (χ2v) is 2.46. The fourth-order valence-corrected chi connectivity index (χ4v) is 0.653. The summed E-state index contributed by atoms with van der Waals surface area (Å²) in [6, 6.07) is 0. The van der Waals surface area contributed by atoms with Crippen molar-refractivity contribution in [1.82, 2.24) is 0 Å². The zero-order valence-corrected chi connectivity index (χ0v) is 6.65. The number of allylic oxidation sites excluding steroid dienone is 1. The third-order valence-corrected chi connectivity index (χ3v) is 1.58. The third-order valence-electron chi connectivity index (χ3n) is 1.23. The van der Waals surface area contributed by atoms with Gasteiger partial charge in [0.25, 0.3) is 0 Å². The highest BCUT2D eigenvalue weighted by Crippen LogP contribution is 2.04. The molecule has 2 heteroatoms. The van der Waals surface area contributed by atoms with Gasteiger partial charge < -0.3 is 5.11 Å². The van der Waals surface area contributed by atoms with Gasteiger partial charge in [-0.2, -0.15) is 0 Å². The molecule has 0 aliphatic carbocycles. The van der Waals surface area contributed by atoms with Crippen molar-refractivity contribution >= 4 is 11.6 Å². The summed E-state index contributed by atoms with van der Waals surface area (Å²) >= 11 is 5.38. The first-order valence-corrected chi connectivity index (χ1v) is 3.60. The molecular weight excluding hydrogens is 136 g/mol. The van der Waals surface area contributed by atoms with E-state index in [-0.39, 0.29) is 6.10 Å². The van der Waals surface area contributed by atoms with E-state index < -0.39 is 0 Å². The molecule has 1 unspecified atom stereocenters. The van der Waals surface area contributed by atoms with Gasteiger partial charge in [0.15, 0.2) is 0 Å². The fourth-order valence-electron chi connectivity index (χ4n) is 0.544. The van der Waals surface area contributed by atoms with E-state index in [1.165, 1.54) is 5.57 Å². The summed E-state index contributed by atoms with van der Waals surface area (Å²) in [5.41, 5.74) is 1.18. The predicted molar refractivity (Wildman–Crippen MR) is 40.8 cm³/mol. The summed E-state index contributed by atoms with van der Waals surface area (Å²) < 4.78 is 0. The second kappa shape index (κ2) is 4.83. The Balaban J connectivity index is 3.47. The molecule has 0 saturated carbocycles. The predicted octanol–water partition coefficient (Wildman–Crippen LogP) is 1.94. The van der Waals surface area contributed by atoms with Gasteiger partial charge in [-0.25, -0.2) is 0 Å². The molecule has 0 heterocycles. The molecule has 0 spiro atoms. The van der Waals surface area contributed by atoms with Crippen LogP contribution in [0, 0.1) is 0 Å². The number of aliphatic hydroxyl groups excluding tert-OH is 1. The molecule has 1 atom stereocenters. The van der Waals surface area contributed by atoms with Crippen LogP contribution in [0.25, 0.3) is 0 Å². The first-order valence-electron chi connectivity index (χ1n) is 3.06. The number of hydrogen-bond donors (Lipinski definition) is 1. The fraction of sp³-hybridized carbons (Fsp3) is 0.714. The van der Waals surface area contributed by atoms with Crippen molar-refractivity contribution in [2.24, 2.45) is 0 Å². The molecule has 0 rings (SSSR count). The van der Waals surface area contributed by atoms with Gasteiger partial charge in [0, 0.05) is 5.88 Å². The van der Waals surface area contributed by atoms with Crippen LogP contribution in [0.2, 0.25) is 0 Å². The van der Waals surface area contributed by atoms with Crippen LogP contribution >= 0.6 is 11.6 Å². The van der Waals surface area contributed by atoms with Crippen molar-refractivity contribution < 1.29 is 5.11 Å². The zero-order chi connectivity index (χ0) is 7.28. The maximum absolute atomic E-state index is 8.99. The summed E-state index contributed by atoms with van der Waals surface area (Å²) in [6.07, 6.45) is 2.30. The van der Waals surface area contributed by atoms with E-state index in [1.807, 2.05) is 19.9 Å². The average Bonchev–Trinajstić information content (AvgIpc) is 1.87. The zero-order valence-electron chi connectivity index (χ0n) is 5.89. The van der Waals surface area contributed by atoms with Gasteiger partial charge in [0.2, 0.25) is 0 Å². The number of halogens is 1. The maximum atomic E-state index is 8.99. The highest BCUT2D eigenvalue weighted by Gasteiger charge is 2.00. The summed E-state index contributed by atoms with van der Waals surface area (Å²) in [5, 5.41) is 8.99. The highest BCUT2D eigenvalue weighted by molar-refractivity contribution is 6.18. The van der Waals surface area contributed by atoms with Crippen molar-refractivity contribution in [2.75, 3.05) is 5.88 Å². The van der Waals surface area contributed by atoms with Crippen molar-refractivity contribution in [3.63, 3.8) is 0 Å². The Labute approximate surface area is 61.3 Å². The first-order chi connectivity index (χ1) is 4.20. The standard InChI is InChI=1S/C7H13ClO/c1-3-6(2)4-7(9)5-8/h3,7,9H,4-5H2,1-2H3/b6-3-. The Morgan fingerprint density at radius 3 is 2.67 bits per heavy atom. The molecule has 0 aliphatic heterocycles. The van der Waals surface area contributed by atoms with Crippen LogP contribution < -0.4 is 0 Å². The Bertz CT molecular complexity index is 99.1. The van der Waals surface area contributed by atoms with E-state index in [2.05, 4.69) is 0 Å². The molecule has 54 valence electrons. The minimum atomic E-state index is -0.372. The van der Waals surface area contributed by atoms with E-state index in [0.717, 1.165) is 0 Å². The van der Waals surface area contributed by atoms with E-state index in [9.17, 15) is 0 Å². The van der Waals surface area contributed by atoms with Crippen LogP contribution in [0.1, 0.15) is 20.3 Å². The molecule has 9 heavy (non-hydrogen) atoms. The number of rotatable bonds is 3. The smallest absolute Gasteiger partial charge is 0.0712 e.